The van der Waals surface area contributed by atoms with E-state index in [0.29, 0.717) is 21.3 Å². The maximum Gasteiger partial charge on any atom is 0.200 e. The van der Waals surface area contributed by atoms with Gasteiger partial charge < -0.3 is 0 Å². The van der Waals surface area contributed by atoms with Crippen LogP contribution < -0.4 is 5.48 Å². The molecular formula is C11H7Cl2NO3S. The molecule has 0 aromatic heterocycles. The lowest BCUT2D eigenvalue weighted by atomic mass is 10.1. The van der Waals surface area contributed by atoms with Crippen LogP contribution in [0.25, 0.3) is 5.70 Å². The zero-order valence-corrected chi connectivity index (χ0v) is 11.2. The van der Waals surface area contributed by atoms with Crippen LogP contribution >= 0.6 is 23.2 Å². The highest BCUT2D eigenvalue weighted by molar-refractivity contribution is 7.98. The Labute approximate surface area is 114 Å². The van der Waals surface area contributed by atoms with E-state index in [9.17, 15) is 8.42 Å². The van der Waals surface area contributed by atoms with E-state index in [-0.39, 0.29) is 4.91 Å². The maximum absolute atomic E-state index is 11.9. The van der Waals surface area contributed by atoms with Crippen LogP contribution in [0.3, 0.4) is 0 Å². The Hall–Kier alpha value is -1.01. The Morgan fingerprint density at radius 2 is 2.00 bits per heavy atom. The fourth-order valence-electron chi connectivity index (χ4n) is 1.90. The molecule has 94 valence electrons. The SMILES string of the molecule is O=S1(=O)C=CC2ONC(c3ccc(Cl)c(Cl)c3)=C21. The normalized spacial score (nSPS) is 24.2. The van der Waals surface area contributed by atoms with E-state index >= 15 is 0 Å². The Morgan fingerprint density at radius 3 is 2.72 bits per heavy atom. The average Bonchev–Trinajstić information content (AvgIpc) is 2.85. The standard InChI is InChI=1S/C11H7Cl2NO3S/c12-7-2-1-6(5-8(7)13)10-11-9(17-14-10)3-4-18(11,15)16/h1-5,9,14H. The number of hydrogen-bond acceptors (Lipinski definition) is 4. The molecule has 18 heavy (non-hydrogen) atoms. The van der Waals surface area contributed by atoms with E-state index in [1.165, 1.54) is 6.08 Å². The number of fused-ring (bicyclic) bond motifs is 1. The molecule has 1 atom stereocenters. The summed E-state index contributed by atoms with van der Waals surface area (Å²) in [5, 5.41) is 1.91. The first-order valence-corrected chi connectivity index (χ1v) is 7.34. The second kappa shape index (κ2) is 3.99. The van der Waals surface area contributed by atoms with Gasteiger partial charge in [0.1, 0.15) is 11.0 Å². The van der Waals surface area contributed by atoms with Crippen LogP contribution in [0.5, 0.6) is 0 Å². The predicted molar refractivity (Wildman–Crippen MR) is 69.5 cm³/mol. The van der Waals surface area contributed by atoms with Crippen LogP contribution in [0.2, 0.25) is 10.0 Å². The molecule has 0 amide bonds. The van der Waals surface area contributed by atoms with Gasteiger partial charge in [0, 0.05) is 11.0 Å². The zero-order valence-electron chi connectivity index (χ0n) is 8.85. The third-order valence-corrected chi connectivity index (χ3v) is 5.04. The molecule has 2 aliphatic heterocycles. The quantitative estimate of drug-likeness (QED) is 0.866. The van der Waals surface area contributed by atoms with E-state index in [4.69, 9.17) is 28.0 Å². The van der Waals surface area contributed by atoms with Crippen LogP contribution in [0.1, 0.15) is 5.56 Å². The van der Waals surface area contributed by atoms with Crippen LogP contribution in [-0.4, -0.2) is 14.5 Å². The molecule has 1 unspecified atom stereocenters. The number of sulfone groups is 1. The van der Waals surface area contributed by atoms with Gasteiger partial charge in [-0.3, -0.25) is 10.3 Å². The molecule has 0 saturated heterocycles. The fourth-order valence-corrected chi connectivity index (χ4v) is 3.59. The number of hydroxylamine groups is 1. The second-order valence-electron chi connectivity index (χ2n) is 3.88. The monoisotopic (exact) mass is 303 g/mol. The van der Waals surface area contributed by atoms with Crippen molar-refractivity contribution >= 4 is 38.7 Å². The third-order valence-electron chi connectivity index (χ3n) is 2.74. The van der Waals surface area contributed by atoms with Crippen molar-refractivity contribution in [3.63, 3.8) is 0 Å². The highest BCUT2D eigenvalue weighted by Crippen LogP contribution is 2.36. The van der Waals surface area contributed by atoms with Crippen molar-refractivity contribution in [2.75, 3.05) is 0 Å². The lowest BCUT2D eigenvalue weighted by Gasteiger charge is -2.06. The van der Waals surface area contributed by atoms with Crippen LogP contribution in [0.15, 0.2) is 34.6 Å². The molecule has 0 bridgehead atoms. The first-order valence-electron chi connectivity index (χ1n) is 5.03. The van der Waals surface area contributed by atoms with E-state index in [0.717, 1.165) is 5.41 Å². The molecule has 2 heterocycles. The van der Waals surface area contributed by atoms with Crippen LogP contribution in [0, 0.1) is 0 Å². The van der Waals surface area contributed by atoms with Crippen molar-refractivity contribution in [2.45, 2.75) is 6.10 Å². The largest absolute Gasteiger partial charge is 0.264 e. The lowest BCUT2D eigenvalue weighted by Crippen LogP contribution is -2.09. The minimum absolute atomic E-state index is 0.209. The summed E-state index contributed by atoms with van der Waals surface area (Å²) in [4.78, 5) is 5.39. The van der Waals surface area contributed by atoms with Crippen molar-refractivity contribution in [1.82, 2.24) is 5.48 Å². The summed E-state index contributed by atoms with van der Waals surface area (Å²) in [6.07, 6.45) is 0.918. The zero-order chi connectivity index (χ0) is 12.9. The van der Waals surface area contributed by atoms with Crippen molar-refractivity contribution in [3.05, 3.63) is 50.2 Å². The molecule has 0 spiro atoms. The van der Waals surface area contributed by atoms with Gasteiger partial charge in [0.25, 0.3) is 0 Å². The van der Waals surface area contributed by atoms with Gasteiger partial charge in [-0.05, 0) is 18.2 Å². The molecule has 0 radical (unpaired) electrons. The van der Waals surface area contributed by atoms with Gasteiger partial charge in [-0.15, -0.1) is 0 Å². The molecule has 2 aliphatic rings. The van der Waals surface area contributed by atoms with Gasteiger partial charge in [0.15, 0.2) is 0 Å². The molecule has 3 rings (SSSR count). The summed E-state index contributed by atoms with van der Waals surface area (Å²) < 4.78 is 23.7. The van der Waals surface area contributed by atoms with Crippen LogP contribution in [0.4, 0.5) is 0 Å². The van der Waals surface area contributed by atoms with E-state index < -0.39 is 15.9 Å². The summed E-state index contributed by atoms with van der Waals surface area (Å²) in [5.74, 6) is 0. The third kappa shape index (κ3) is 1.75. The van der Waals surface area contributed by atoms with Gasteiger partial charge >= 0.3 is 0 Å². The molecule has 0 fully saturated rings. The molecule has 7 heteroatoms. The summed E-state index contributed by atoms with van der Waals surface area (Å²) in [7, 11) is -3.41. The first kappa shape index (κ1) is 12.0. The Balaban J connectivity index is 2.18. The first-order chi connectivity index (χ1) is 8.49. The smallest absolute Gasteiger partial charge is 0.200 e. The molecule has 1 aromatic carbocycles. The molecule has 0 aliphatic carbocycles. The molecule has 1 N–H and O–H groups in total. The lowest BCUT2D eigenvalue weighted by molar-refractivity contribution is 0.0777. The maximum atomic E-state index is 11.9. The molecule has 0 saturated carbocycles. The summed E-state index contributed by atoms with van der Waals surface area (Å²) >= 11 is 11.7. The minimum atomic E-state index is -3.41. The van der Waals surface area contributed by atoms with Gasteiger partial charge in [-0.1, -0.05) is 29.3 Å². The molecule has 4 nitrogen and oxygen atoms in total. The number of halogens is 2. The van der Waals surface area contributed by atoms with E-state index in [2.05, 4.69) is 5.48 Å². The Bertz CT molecular complexity index is 694. The number of benzene rings is 1. The van der Waals surface area contributed by atoms with Crippen molar-refractivity contribution in [1.29, 1.82) is 0 Å². The summed E-state index contributed by atoms with van der Waals surface area (Å²) in [6, 6.07) is 4.89. The van der Waals surface area contributed by atoms with Crippen molar-refractivity contribution < 1.29 is 13.3 Å². The summed E-state index contributed by atoms with van der Waals surface area (Å²) in [5.41, 5.74) is 3.65. The number of hydrogen-bond donors (Lipinski definition) is 1. The van der Waals surface area contributed by atoms with Crippen molar-refractivity contribution in [3.8, 4) is 0 Å². The van der Waals surface area contributed by atoms with Gasteiger partial charge in [-0.2, -0.15) is 0 Å². The van der Waals surface area contributed by atoms with E-state index in [1.54, 1.807) is 18.2 Å². The molecular weight excluding hydrogens is 297 g/mol. The highest BCUT2D eigenvalue weighted by Gasteiger charge is 2.38. The predicted octanol–water partition coefficient (Wildman–Crippen LogP) is 2.51. The van der Waals surface area contributed by atoms with Gasteiger partial charge in [0.2, 0.25) is 9.84 Å². The van der Waals surface area contributed by atoms with E-state index in [1.807, 2.05) is 0 Å². The topological polar surface area (TPSA) is 55.4 Å². The summed E-state index contributed by atoms with van der Waals surface area (Å²) in [6.45, 7) is 0. The number of nitrogens with one attached hydrogen (secondary N) is 1. The minimum Gasteiger partial charge on any atom is -0.264 e. The molecule has 1 aromatic rings. The number of rotatable bonds is 1. The highest BCUT2D eigenvalue weighted by atomic mass is 35.5. The fraction of sp³-hybridized carbons (Fsp3) is 0.0909. The average molecular weight is 304 g/mol. The van der Waals surface area contributed by atoms with Gasteiger partial charge in [0.05, 0.1) is 15.7 Å². The Morgan fingerprint density at radius 1 is 1.22 bits per heavy atom. The van der Waals surface area contributed by atoms with Gasteiger partial charge in [-0.25, -0.2) is 8.42 Å². The second-order valence-corrected chi connectivity index (χ2v) is 6.50. The van der Waals surface area contributed by atoms with Crippen LogP contribution in [-0.2, 0) is 14.7 Å². The van der Waals surface area contributed by atoms with Crippen molar-refractivity contribution in [2.24, 2.45) is 0 Å². The Kier molecular flexibility index (Phi) is 2.67.